The summed E-state index contributed by atoms with van der Waals surface area (Å²) in [5, 5.41) is 5.31. The van der Waals surface area contributed by atoms with Crippen LogP contribution in [-0.2, 0) is 16.1 Å². The van der Waals surface area contributed by atoms with Gasteiger partial charge in [-0.05, 0) is 6.42 Å². The quantitative estimate of drug-likeness (QED) is 0.458. The number of carbonyl (C=O) groups is 2. The van der Waals surface area contributed by atoms with Gasteiger partial charge < -0.3 is 10.2 Å². The van der Waals surface area contributed by atoms with Gasteiger partial charge in [-0.1, -0.05) is 83.5 Å². The summed E-state index contributed by atoms with van der Waals surface area (Å²) < 4.78 is -3.17. The van der Waals surface area contributed by atoms with Crippen molar-refractivity contribution in [1.29, 1.82) is 0 Å². The van der Waals surface area contributed by atoms with E-state index in [1.807, 2.05) is 0 Å². The molecule has 0 radical (unpaired) electrons. The van der Waals surface area contributed by atoms with Gasteiger partial charge in [0.1, 0.15) is 11.0 Å². The van der Waals surface area contributed by atoms with Crippen LogP contribution in [0.15, 0.2) is 11.6 Å². The highest BCUT2D eigenvalue weighted by Gasteiger charge is 2.37. The summed E-state index contributed by atoms with van der Waals surface area (Å²) >= 11 is 36.8. The molecule has 1 rings (SSSR count). The fourth-order valence-corrected chi connectivity index (χ4v) is 3.28. The van der Waals surface area contributed by atoms with Gasteiger partial charge in [-0.15, -0.1) is 11.3 Å². The molecule has 3 unspecified atom stereocenters. The van der Waals surface area contributed by atoms with Crippen molar-refractivity contribution in [2.45, 2.75) is 46.9 Å². The highest BCUT2D eigenvalue weighted by Crippen LogP contribution is 2.39. The Morgan fingerprint density at radius 1 is 1.14 bits per heavy atom. The number of hydrogen-bond donors (Lipinski definition) is 1. The molecule has 0 saturated heterocycles. The second-order valence-corrected chi connectivity index (χ2v) is 12.2. The van der Waals surface area contributed by atoms with Crippen LogP contribution in [0.25, 0.3) is 0 Å². The van der Waals surface area contributed by atoms with E-state index in [0.29, 0.717) is 0 Å². The van der Waals surface area contributed by atoms with Crippen molar-refractivity contribution in [2.75, 3.05) is 7.05 Å². The fraction of sp³-hybridized carbons (Fsp3) is 0.688. The van der Waals surface area contributed by atoms with E-state index in [2.05, 4.69) is 10.3 Å². The van der Waals surface area contributed by atoms with Crippen molar-refractivity contribution < 1.29 is 9.59 Å². The van der Waals surface area contributed by atoms with Crippen molar-refractivity contribution in [3.8, 4) is 0 Å². The Balaban J connectivity index is 2.91. The Morgan fingerprint density at radius 3 is 2.18 bits per heavy atom. The lowest BCUT2D eigenvalue weighted by molar-refractivity contribution is -0.140. The average molecular weight is 532 g/mol. The number of thiazole rings is 1. The lowest BCUT2D eigenvalue weighted by Crippen LogP contribution is -2.49. The minimum atomic E-state index is -1.59. The SMILES string of the molecule is CC(CC(=O)N(C)C(CC(C)C(Cl)(Cl)Cl)C(=O)NCc1nccs1)C(Cl)(Cl)Cl. The molecule has 0 aliphatic carbocycles. The maximum atomic E-state index is 12.8. The Bertz CT molecular complexity index is 648. The second kappa shape index (κ2) is 11.1. The summed E-state index contributed by atoms with van der Waals surface area (Å²) in [5.41, 5.74) is 0. The van der Waals surface area contributed by atoms with E-state index in [1.54, 1.807) is 25.4 Å². The molecule has 0 saturated carbocycles. The van der Waals surface area contributed by atoms with Gasteiger partial charge >= 0.3 is 0 Å². The predicted octanol–water partition coefficient (Wildman–Crippen LogP) is 5.38. The first-order chi connectivity index (χ1) is 12.7. The molecule has 28 heavy (non-hydrogen) atoms. The van der Waals surface area contributed by atoms with Crippen LogP contribution < -0.4 is 5.32 Å². The first-order valence-electron chi connectivity index (χ1n) is 8.28. The van der Waals surface area contributed by atoms with E-state index in [1.165, 1.54) is 23.3 Å². The molecule has 1 aromatic rings. The standard InChI is InChI=1S/C16H21Cl6N3O2S/c1-9(15(17,18)19)6-11(14(27)24-8-12-23-4-5-28-12)25(3)13(26)7-10(2)16(20,21)22/h4-5,9-11H,6-8H2,1-3H3,(H,24,27). The van der Waals surface area contributed by atoms with Crippen molar-refractivity contribution in [3.63, 3.8) is 0 Å². The van der Waals surface area contributed by atoms with Crippen LogP contribution in [0.4, 0.5) is 0 Å². The largest absolute Gasteiger partial charge is 0.348 e. The van der Waals surface area contributed by atoms with Crippen molar-refractivity contribution in [1.82, 2.24) is 15.2 Å². The first-order valence-corrected chi connectivity index (χ1v) is 11.4. The smallest absolute Gasteiger partial charge is 0.243 e. The van der Waals surface area contributed by atoms with Gasteiger partial charge in [0.2, 0.25) is 11.8 Å². The molecule has 5 nitrogen and oxygen atoms in total. The maximum Gasteiger partial charge on any atom is 0.243 e. The molecule has 2 amide bonds. The van der Waals surface area contributed by atoms with Gasteiger partial charge in [-0.2, -0.15) is 0 Å². The van der Waals surface area contributed by atoms with Crippen molar-refractivity contribution >= 4 is 92.8 Å². The molecule has 0 aromatic carbocycles. The Morgan fingerprint density at radius 2 is 1.71 bits per heavy atom. The highest BCUT2D eigenvalue weighted by atomic mass is 35.6. The number of nitrogens with one attached hydrogen (secondary N) is 1. The Kier molecular flexibility index (Phi) is 10.4. The van der Waals surface area contributed by atoms with Crippen LogP contribution >= 0.6 is 80.9 Å². The number of aromatic nitrogens is 1. The van der Waals surface area contributed by atoms with Gasteiger partial charge in [-0.3, -0.25) is 9.59 Å². The number of hydrogen-bond acceptors (Lipinski definition) is 4. The van der Waals surface area contributed by atoms with Gasteiger partial charge in [0.25, 0.3) is 0 Å². The summed E-state index contributed by atoms with van der Waals surface area (Å²) in [6.07, 6.45) is 1.73. The third-order valence-corrected chi connectivity index (χ3v) is 7.25. The summed E-state index contributed by atoms with van der Waals surface area (Å²) in [4.78, 5) is 30.9. The van der Waals surface area contributed by atoms with Gasteiger partial charge in [0.15, 0.2) is 7.59 Å². The highest BCUT2D eigenvalue weighted by molar-refractivity contribution is 7.09. The molecule has 160 valence electrons. The molecule has 0 fully saturated rings. The minimum absolute atomic E-state index is 0.0502. The van der Waals surface area contributed by atoms with E-state index in [0.717, 1.165) is 5.01 Å². The van der Waals surface area contributed by atoms with Crippen LogP contribution in [-0.4, -0.2) is 42.4 Å². The first kappa shape index (κ1) is 26.3. The topological polar surface area (TPSA) is 62.3 Å². The maximum absolute atomic E-state index is 12.8. The number of carbonyl (C=O) groups excluding carboxylic acids is 2. The average Bonchev–Trinajstić information content (AvgIpc) is 3.08. The zero-order chi connectivity index (χ0) is 21.7. The van der Waals surface area contributed by atoms with E-state index in [9.17, 15) is 9.59 Å². The number of amides is 2. The third kappa shape index (κ3) is 8.58. The number of rotatable bonds is 8. The molecule has 1 heterocycles. The summed E-state index contributed by atoms with van der Waals surface area (Å²) in [5.74, 6) is -1.77. The van der Waals surface area contributed by atoms with Crippen LogP contribution in [0.2, 0.25) is 0 Å². The zero-order valence-electron chi connectivity index (χ0n) is 15.4. The van der Waals surface area contributed by atoms with Crippen LogP contribution in [0.1, 0.15) is 31.7 Å². The summed E-state index contributed by atoms with van der Waals surface area (Å²) in [6, 6.07) is -0.860. The van der Waals surface area contributed by atoms with E-state index >= 15 is 0 Å². The molecule has 0 spiro atoms. The number of nitrogens with zero attached hydrogens (tertiary/aromatic N) is 2. The van der Waals surface area contributed by atoms with Gasteiger partial charge in [0, 0.05) is 36.9 Å². The Labute approximate surface area is 198 Å². The molecule has 1 N–H and O–H groups in total. The lowest BCUT2D eigenvalue weighted by Gasteiger charge is -2.32. The van der Waals surface area contributed by atoms with Crippen LogP contribution in [0.5, 0.6) is 0 Å². The van der Waals surface area contributed by atoms with E-state index in [-0.39, 0.29) is 31.2 Å². The summed E-state index contributed by atoms with van der Waals surface area (Å²) in [6.45, 7) is 3.57. The Hall–Kier alpha value is 0.310. The number of halogens is 6. The number of likely N-dealkylation sites (N-methyl/N-ethyl adjacent to an activating group) is 1. The normalized spacial score (nSPS) is 15.6. The molecule has 0 aliphatic heterocycles. The summed E-state index contributed by atoms with van der Waals surface area (Å²) in [7, 11) is 1.51. The van der Waals surface area contributed by atoms with E-state index in [4.69, 9.17) is 69.6 Å². The lowest BCUT2D eigenvalue weighted by atomic mass is 10.00. The predicted molar refractivity (Wildman–Crippen MR) is 119 cm³/mol. The molecular formula is C16H21Cl6N3O2S. The van der Waals surface area contributed by atoms with Gasteiger partial charge in [0.05, 0.1) is 6.54 Å². The molecular weight excluding hydrogens is 511 g/mol. The van der Waals surface area contributed by atoms with Gasteiger partial charge in [-0.25, -0.2) is 4.98 Å². The zero-order valence-corrected chi connectivity index (χ0v) is 20.7. The monoisotopic (exact) mass is 529 g/mol. The fourth-order valence-electron chi connectivity index (χ4n) is 2.23. The number of alkyl halides is 6. The molecule has 0 bridgehead atoms. The van der Waals surface area contributed by atoms with E-state index < -0.39 is 25.5 Å². The van der Waals surface area contributed by atoms with Crippen LogP contribution in [0, 0.1) is 11.8 Å². The molecule has 12 heteroatoms. The van der Waals surface area contributed by atoms with Crippen molar-refractivity contribution in [2.24, 2.45) is 11.8 Å². The third-order valence-electron chi connectivity index (χ3n) is 4.24. The van der Waals surface area contributed by atoms with Crippen LogP contribution in [0.3, 0.4) is 0 Å². The molecule has 0 aliphatic rings. The minimum Gasteiger partial charge on any atom is -0.348 e. The van der Waals surface area contributed by atoms with Crippen molar-refractivity contribution in [3.05, 3.63) is 16.6 Å². The second-order valence-electron chi connectivity index (χ2n) is 6.49. The molecule has 3 atom stereocenters. The molecule has 1 aromatic heterocycles.